The van der Waals surface area contributed by atoms with Gasteiger partial charge in [-0.15, -0.1) is 13.2 Å². The first-order valence-corrected chi connectivity index (χ1v) is 7.17. The van der Waals surface area contributed by atoms with E-state index in [-0.39, 0.29) is 22.7 Å². The second kappa shape index (κ2) is 8.11. The van der Waals surface area contributed by atoms with Crippen molar-refractivity contribution in [2.24, 2.45) is 0 Å². The number of hydrogen-bond acceptors (Lipinski definition) is 3. The van der Waals surface area contributed by atoms with Gasteiger partial charge in [0.15, 0.2) is 0 Å². The Morgan fingerprint density at radius 3 is 2.67 bits per heavy atom. The molecular weight excluding hydrogens is 353 g/mol. The number of ether oxygens (including phenoxy) is 1. The zero-order valence-electron chi connectivity index (χ0n) is 11.4. The van der Waals surface area contributed by atoms with Crippen LogP contribution < -0.4 is 15.4 Å². The number of nitrogens with one attached hydrogen (secondary N) is 2. The molecule has 0 heterocycles. The molecule has 0 radical (unpaired) electrons. The lowest BCUT2D eigenvalue weighted by Crippen LogP contribution is -2.30. The Balaban J connectivity index is 2.50. The summed E-state index contributed by atoms with van der Waals surface area (Å²) in [6, 6.07) is 4.00. The predicted molar refractivity (Wildman–Crippen MR) is 77.2 cm³/mol. The SMILES string of the molecule is CCCCNC(=O)CNc1ccc(OC(F)(F)F)c(Br)c1. The van der Waals surface area contributed by atoms with E-state index in [0.717, 1.165) is 12.8 Å². The normalized spacial score (nSPS) is 11.1. The van der Waals surface area contributed by atoms with Crippen molar-refractivity contribution >= 4 is 27.5 Å². The number of amides is 1. The molecule has 1 aromatic rings. The third-order valence-corrected chi connectivity index (χ3v) is 3.08. The maximum atomic E-state index is 12.1. The molecule has 0 fully saturated rings. The van der Waals surface area contributed by atoms with Crippen molar-refractivity contribution in [2.45, 2.75) is 26.1 Å². The summed E-state index contributed by atoms with van der Waals surface area (Å²) in [5, 5.41) is 5.55. The molecule has 1 aromatic carbocycles. The Morgan fingerprint density at radius 1 is 1.38 bits per heavy atom. The van der Waals surface area contributed by atoms with Gasteiger partial charge < -0.3 is 15.4 Å². The van der Waals surface area contributed by atoms with Crippen LogP contribution in [-0.4, -0.2) is 25.4 Å². The van der Waals surface area contributed by atoms with E-state index in [0.29, 0.717) is 12.2 Å². The molecule has 0 unspecified atom stereocenters. The first kappa shape index (κ1) is 17.6. The van der Waals surface area contributed by atoms with Crippen LogP contribution >= 0.6 is 15.9 Å². The van der Waals surface area contributed by atoms with Gasteiger partial charge in [-0.25, -0.2) is 0 Å². The van der Waals surface area contributed by atoms with E-state index in [4.69, 9.17) is 0 Å². The van der Waals surface area contributed by atoms with E-state index in [2.05, 4.69) is 31.3 Å². The molecule has 0 aliphatic heterocycles. The van der Waals surface area contributed by atoms with Gasteiger partial charge in [0.25, 0.3) is 0 Å². The van der Waals surface area contributed by atoms with Crippen LogP contribution in [0, 0.1) is 0 Å². The molecule has 0 aliphatic rings. The average Bonchev–Trinajstić information content (AvgIpc) is 2.38. The lowest BCUT2D eigenvalue weighted by Gasteiger charge is -2.12. The molecule has 2 N–H and O–H groups in total. The third-order valence-electron chi connectivity index (χ3n) is 2.46. The molecule has 8 heteroatoms. The fourth-order valence-electron chi connectivity index (χ4n) is 1.47. The van der Waals surface area contributed by atoms with Crippen LogP contribution in [0.5, 0.6) is 5.75 Å². The van der Waals surface area contributed by atoms with Crippen LogP contribution in [0.2, 0.25) is 0 Å². The lowest BCUT2D eigenvalue weighted by molar-refractivity contribution is -0.274. The van der Waals surface area contributed by atoms with Crippen molar-refractivity contribution in [2.75, 3.05) is 18.4 Å². The van der Waals surface area contributed by atoms with Crippen molar-refractivity contribution in [1.82, 2.24) is 5.32 Å². The molecular formula is C13H16BrF3N2O2. The number of unbranched alkanes of at least 4 members (excludes halogenated alkanes) is 1. The summed E-state index contributed by atoms with van der Waals surface area (Å²) >= 11 is 2.99. The van der Waals surface area contributed by atoms with E-state index >= 15 is 0 Å². The number of benzene rings is 1. The summed E-state index contributed by atoms with van der Waals surface area (Å²) in [6.45, 7) is 2.68. The van der Waals surface area contributed by atoms with E-state index in [1.165, 1.54) is 18.2 Å². The number of anilines is 1. The highest BCUT2D eigenvalue weighted by Gasteiger charge is 2.31. The standard InChI is InChI=1S/C13H16BrF3N2O2/c1-2-3-6-18-12(20)8-19-9-4-5-11(10(14)7-9)21-13(15,16)17/h4-5,7,19H,2-3,6,8H2,1H3,(H,18,20). The third kappa shape index (κ3) is 7.22. The Hall–Kier alpha value is -1.44. The van der Waals surface area contributed by atoms with Gasteiger partial charge in [-0.3, -0.25) is 4.79 Å². The minimum Gasteiger partial charge on any atom is -0.405 e. The quantitative estimate of drug-likeness (QED) is 0.721. The summed E-state index contributed by atoms with van der Waals surface area (Å²) in [6.07, 6.45) is -2.85. The predicted octanol–water partition coefficient (Wildman–Crippen LogP) is 3.68. The molecule has 1 amide bonds. The topological polar surface area (TPSA) is 50.4 Å². The van der Waals surface area contributed by atoms with E-state index in [1.807, 2.05) is 6.92 Å². The highest BCUT2D eigenvalue weighted by molar-refractivity contribution is 9.10. The average molecular weight is 369 g/mol. The number of hydrogen-bond donors (Lipinski definition) is 2. The lowest BCUT2D eigenvalue weighted by atomic mass is 10.3. The Kier molecular flexibility index (Phi) is 6.80. The summed E-state index contributed by atoms with van der Waals surface area (Å²) in [7, 11) is 0. The van der Waals surface area contributed by atoms with E-state index in [9.17, 15) is 18.0 Å². The van der Waals surface area contributed by atoms with Crippen molar-refractivity contribution < 1.29 is 22.7 Å². The smallest absolute Gasteiger partial charge is 0.405 e. The van der Waals surface area contributed by atoms with Gasteiger partial charge >= 0.3 is 6.36 Å². The summed E-state index contributed by atoms with van der Waals surface area (Å²) in [4.78, 5) is 11.5. The van der Waals surface area contributed by atoms with Gasteiger partial charge in [0, 0.05) is 12.2 Å². The Morgan fingerprint density at radius 2 is 2.10 bits per heavy atom. The summed E-state index contributed by atoms with van der Waals surface area (Å²) in [5.74, 6) is -0.504. The fourth-order valence-corrected chi connectivity index (χ4v) is 1.93. The van der Waals surface area contributed by atoms with E-state index < -0.39 is 6.36 Å². The zero-order valence-corrected chi connectivity index (χ0v) is 13.0. The first-order chi connectivity index (χ1) is 9.81. The van der Waals surface area contributed by atoms with Gasteiger partial charge in [-0.1, -0.05) is 13.3 Å². The Labute approximate surface area is 129 Å². The van der Waals surface area contributed by atoms with E-state index in [1.54, 1.807) is 0 Å². The van der Waals surface area contributed by atoms with Crippen molar-refractivity contribution in [3.05, 3.63) is 22.7 Å². The van der Waals surface area contributed by atoms with Crippen LogP contribution in [0.25, 0.3) is 0 Å². The molecule has 1 rings (SSSR count). The Bertz CT molecular complexity index is 481. The first-order valence-electron chi connectivity index (χ1n) is 6.37. The number of alkyl halides is 3. The molecule has 0 saturated heterocycles. The second-order valence-electron chi connectivity index (χ2n) is 4.25. The molecule has 0 spiro atoms. The summed E-state index contributed by atoms with van der Waals surface area (Å²) in [5.41, 5.74) is 0.516. The number of carbonyl (C=O) groups excluding carboxylic acids is 1. The van der Waals surface area contributed by atoms with Crippen LogP contribution in [0.3, 0.4) is 0 Å². The number of halogens is 4. The van der Waals surface area contributed by atoms with Gasteiger partial charge in [0.2, 0.25) is 5.91 Å². The number of carbonyl (C=O) groups is 1. The highest BCUT2D eigenvalue weighted by Crippen LogP contribution is 2.32. The highest BCUT2D eigenvalue weighted by atomic mass is 79.9. The number of rotatable bonds is 7. The fraction of sp³-hybridized carbons (Fsp3) is 0.462. The molecule has 118 valence electrons. The molecule has 0 aliphatic carbocycles. The minimum absolute atomic E-state index is 0.0512. The van der Waals surface area contributed by atoms with Gasteiger partial charge in [-0.2, -0.15) is 0 Å². The minimum atomic E-state index is -4.74. The van der Waals surface area contributed by atoms with Crippen LogP contribution in [0.1, 0.15) is 19.8 Å². The summed E-state index contributed by atoms with van der Waals surface area (Å²) < 4.78 is 40.3. The van der Waals surface area contributed by atoms with Crippen molar-refractivity contribution in [1.29, 1.82) is 0 Å². The molecule has 0 aromatic heterocycles. The van der Waals surface area contributed by atoms with Crippen LogP contribution in [0.15, 0.2) is 22.7 Å². The largest absolute Gasteiger partial charge is 0.573 e. The monoisotopic (exact) mass is 368 g/mol. The molecule has 21 heavy (non-hydrogen) atoms. The van der Waals surface area contributed by atoms with Crippen molar-refractivity contribution in [3.8, 4) is 5.75 Å². The maximum absolute atomic E-state index is 12.1. The molecule has 4 nitrogen and oxygen atoms in total. The second-order valence-corrected chi connectivity index (χ2v) is 5.10. The van der Waals surface area contributed by atoms with Crippen molar-refractivity contribution in [3.63, 3.8) is 0 Å². The molecule has 0 saturated carbocycles. The zero-order chi connectivity index (χ0) is 15.9. The van der Waals surface area contributed by atoms with Gasteiger partial charge in [-0.05, 0) is 40.5 Å². The molecule has 0 bridgehead atoms. The maximum Gasteiger partial charge on any atom is 0.573 e. The van der Waals surface area contributed by atoms with Gasteiger partial charge in [0.05, 0.1) is 11.0 Å². The van der Waals surface area contributed by atoms with Gasteiger partial charge in [0.1, 0.15) is 5.75 Å². The van der Waals surface area contributed by atoms with Crippen LogP contribution in [0.4, 0.5) is 18.9 Å². The van der Waals surface area contributed by atoms with Crippen LogP contribution in [-0.2, 0) is 4.79 Å². The molecule has 0 atom stereocenters.